The van der Waals surface area contributed by atoms with Crippen LogP contribution >= 0.6 is 0 Å². The number of carbonyl (C=O) groups excluding carboxylic acids is 2. The molecule has 1 atom stereocenters. The molecule has 2 aromatic carbocycles. The van der Waals surface area contributed by atoms with Gasteiger partial charge in [-0.1, -0.05) is 36.4 Å². The van der Waals surface area contributed by atoms with Crippen LogP contribution in [-0.2, 0) is 9.59 Å². The molecule has 5 heteroatoms. The van der Waals surface area contributed by atoms with Gasteiger partial charge in [-0.3, -0.25) is 9.59 Å². The summed E-state index contributed by atoms with van der Waals surface area (Å²) in [4.78, 5) is 26.7. The molecule has 0 saturated carbocycles. The Bertz CT molecular complexity index is 769. The third kappa shape index (κ3) is 4.04. The average molecular weight is 352 g/mol. The van der Waals surface area contributed by atoms with Crippen LogP contribution in [0.2, 0.25) is 0 Å². The van der Waals surface area contributed by atoms with E-state index in [1.54, 1.807) is 4.90 Å². The van der Waals surface area contributed by atoms with Crippen LogP contribution in [0.5, 0.6) is 5.75 Å². The fourth-order valence-electron chi connectivity index (χ4n) is 3.27. The molecular weight excluding hydrogens is 328 g/mol. The number of para-hydroxylation sites is 2. The summed E-state index contributed by atoms with van der Waals surface area (Å²) in [7, 11) is 0. The number of benzene rings is 2. The normalized spacial score (nSPS) is 17.1. The number of amides is 2. The topological polar surface area (TPSA) is 58.6 Å². The molecule has 1 saturated heterocycles. The number of ether oxygens (including phenoxy) is 1. The second-order valence-electron chi connectivity index (χ2n) is 6.60. The maximum atomic E-state index is 12.7. The summed E-state index contributed by atoms with van der Waals surface area (Å²) in [6, 6.07) is 14.9. The van der Waals surface area contributed by atoms with Gasteiger partial charge in [0, 0.05) is 12.2 Å². The molecule has 0 aromatic heterocycles. The zero-order valence-corrected chi connectivity index (χ0v) is 15.2. The zero-order chi connectivity index (χ0) is 18.5. The van der Waals surface area contributed by atoms with Crippen LogP contribution in [0.4, 0.5) is 5.69 Å². The van der Waals surface area contributed by atoms with Gasteiger partial charge in [-0.05, 0) is 49.9 Å². The molecule has 136 valence electrons. The monoisotopic (exact) mass is 352 g/mol. The Morgan fingerprint density at radius 1 is 1.12 bits per heavy atom. The number of aryl methyl sites for hydroxylation is 2. The van der Waals surface area contributed by atoms with Gasteiger partial charge in [0.25, 0.3) is 5.91 Å². The smallest absolute Gasteiger partial charge is 0.258 e. The Kier molecular flexibility index (Phi) is 5.56. The van der Waals surface area contributed by atoms with Gasteiger partial charge in [-0.25, -0.2) is 0 Å². The van der Waals surface area contributed by atoms with E-state index in [0.717, 1.165) is 29.0 Å². The molecule has 1 aliphatic rings. The first kappa shape index (κ1) is 18.0. The summed E-state index contributed by atoms with van der Waals surface area (Å²) in [5.74, 6) is 0.382. The van der Waals surface area contributed by atoms with Crippen molar-refractivity contribution in [2.75, 3.05) is 18.1 Å². The fourth-order valence-corrected chi connectivity index (χ4v) is 3.27. The summed E-state index contributed by atoms with van der Waals surface area (Å²) >= 11 is 0. The Morgan fingerprint density at radius 2 is 1.81 bits per heavy atom. The predicted octanol–water partition coefficient (Wildman–Crippen LogP) is 2.99. The second kappa shape index (κ2) is 8.04. The molecule has 1 heterocycles. The zero-order valence-electron chi connectivity index (χ0n) is 15.2. The fraction of sp³-hybridized carbons (Fsp3) is 0.333. The van der Waals surface area contributed by atoms with E-state index in [-0.39, 0.29) is 18.4 Å². The van der Waals surface area contributed by atoms with Gasteiger partial charge >= 0.3 is 0 Å². The number of carbonyl (C=O) groups is 2. The largest absolute Gasteiger partial charge is 0.483 e. The van der Waals surface area contributed by atoms with E-state index in [4.69, 9.17) is 4.74 Å². The van der Waals surface area contributed by atoms with Crippen LogP contribution < -0.4 is 15.0 Å². The molecule has 1 unspecified atom stereocenters. The minimum Gasteiger partial charge on any atom is -0.483 e. The van der Waals surface area contributed by atoms with Crippen LogP contribution in [0.25, 0.3) is 0 Å². The van der Waals surface area contributed by atoms with Crippen molar-refractivity contribution in [3.8, 4) is 5.75 Å². The molecule has 2 amide bonds. The van der Waals surface area contributed by atoms with Crippen LogP contribution in [0.15, 0.2) is 48.5 Å². The van der Waals surface area contributed by atoms with Gasteiger partial charge in [-0.15, -0.1) is 0 Å². The van der Waals surface area contributed by atoms with Gasteiger partial charge in [0.15, 0.2) is 6.61 Å². The van der Waals surface area contributed by atoms with Crippen molar-refractivity contribution in [1.29, 1.82) is 0 Å². The average Bonchev–Trinajstić information content (AvgIpc) is 2.64. The highest BCUT2D eigenvalue weighted by molar-refractivity contribution is 6.00. The summed E-state index contributed by atoms with van der Waals surface area (Å²) in [6.45, 7) is 4.47. The number of nitrogens with zero attached hydrogens (tertiary/aromatic N) is 1. The Hall–Kier alpha value is -2.82. The van der Waals surface area contributed by atoms with E-state index in [1.165, 1.54) is 0 Å². The Morgan fingerprint density at radius 3 is 2.50 bits per heavy atom. The van der Waals surface area contributed by atoms with Gasteiger partial charge in [0.2, 0.25) is 5.91 Å². The van der Waals surface area contributed by atoms with E-state index in [9.17, 15) is 9.59 Å². The first-order valence-corrected chi connectivity index (χ1v) is 8.91. The number of hydrogen-bond donors (Lipinski definition) is 1. The van der Waals surface area contributed by atoms with Crippen molar-refractivity contribution in [3.63, 3.8) is 0 Å². The number of rotatable bonds is 5. The second-order valence-corrected chi connectivity index (χ2v) is 6.60. The third-order valence-corrected chi connectivity index (χ3v) is 4.60. The van der Waals surface area contributed by atoms with Crippen LogP contribution in [0, 0.1) is 13.8 Å². The summed E-state index contributed by atoms with van der Waals surface area (Å²) < 4.78 is 5.68. The minimum atomic E-state index is -0.502. The highest BCUT2D eigenvalue weighted by atomic mass is 16.5. The Labute approximate surface area is 154 Å². The van der Waals surface area contributed by atoms with Crippen molar-refractivity contribution in [3.05, 3.63) is 59.7 Å². The first-order chi connectivity index (χ1) is 12.6. The Balaban J connectivity index is 1.59. The van der Waals surface area contributed by atoms with Gasteiger partial charge in [0.05, 0.1) is 0 Å². The predicted molar refractivity (Wildman–Crippen MR) is 101 cm³/mol. The van der Waals surface area contributed by atoms with E-state index in [2.05, 4.69) is 5.32 Å². The van der Waals surface area contributed by atoms with Gasteiger partial charge in [0.1, 0.15) is 11.8 Å². The molecule has 5 nitrogen and oxygen atoms in total. The maximum Gasteiger partial charge on any atom is 0.258 e. The van der Waals surface area contributed by atoms with Crippen LogP contribution in [0.1, 0.15) is 24.0 Å². The van der Waals surface area contributed by atoms with Crippen molar-refractivity contribution < 1.29 is 14.3 Å². The highest BCUT2D eigenvalue weighted by Crippen LogP contribution is 2.23. The molecule has 0 spiro atoms. The molecule has 1 fully saturated rings. The third-order valence-electron chi connectivity index (χ3n) is 4.60. The summed E-state index contributed by atoms with van der Waals surface area (Å²) in [6.07, 6.45) is 1.50. The molecule has 2 aromatic rings. The minimum absolute atomic E-state index is 0.0668. The molecule has 26 heavy (non-hydrogen) atoms. The van der Waals surface area contributed by atoms with E-state index in [1.807, 2.05) is 62.4 Å². The molecule has 3 rings (SSSR count). The van der Waals surface area contributed by atoms with Crippen LogP contribution in [-0.4, -0.2) is 31.0 Å². The first-order valence-electron chi connectivity index (χ1n) is 8.91. The lowest BCUT2D eigenvalue weighted by Gasteiger charge is -2.32. The van der Waals surface area contributed by atoms with E-state index < -0.39 is 6.04 Å². The summed E-state index contributed by atoms with van der Waals surface area (Å²) in [5.41, 5.74) is 2.84. The van der Waals surface area contributed by atoms with Gasteiger partial charge < -0.3 is 15.0 Å². The summed E-state index contributed by atoms with van der Waals surface area (Å²) in [5, 5.41) is 2.82. The standard InChI is InChI=1S/C21H24N2O3/c1-15-8-6-9-16(2)20(15)26-14-19(24)22-18-12-7-13-23(21(18)25)17-10-4-3-5-11-17/h3-6,8-11,18H,7,12-14H2,1-2H3,(H,22,24). The molecule has 1 N–H and O–H groups in total. The maximum absolute atomic E-state index is 12.7. The lowest BCUT2D eigenvalue weighted by Crippen LogP contribution is -2.53. The van der Waals surface area contributed by atoms with Crippen molar-refractivity contribution >= 4 is 17.5 Å². The number of piperidine rings is 1. The molecule has 0 aliphatic carbocycles. The molecule has 0 radical (unpaired) electrons. The molecule has 1 aliphatic heterocycles. The van der Waals surface area contributed by atoms with Gasteiger partial charge in [-0.2, -0.15) is 0 Å². The highest BCUT2D eigenvalue weighted by Gasteiger charge is 2.30. The quantitative estimate of drug-likeness (QED) is 0.900. The lowest BCUT2D eigenvalue weighted by molar-refractivity contribution is -0.129. The number of hydrogen-bond acceptors (Lipinski definition) is 3. The van der Waals surface area contributed by atoms with E-state index in [0.29, 0.717) is 13.0 Å². The van der Waals surface area contributed by atoms with Crippen LogP contribution in [0.3, 0.4) is 0 Å². The van der Waals surface area contributed by atoms with E-state index >= 15 is 0 Å². The SMILES string of the molecule is Cc1cccc(C)c1OCC(=O)NC1CCCN(c2ccccc2)C1=O. The van der Waals surface area contributed by atoms with Crippen molar-refractivity contribution in [2.45, 2.75) is 32.7 Å². The number of nitrogens with one attached hydrogen (secondary N) is 1. The number of anilines is 1. The molecule has 0 bridgehead atoms. The lowest BCUT2D eigenvalue weighted by atomic mass is 10.0. The van der Waals surface area contributed by atoms with Crippen molar-refractivity contribution in [1.82, 2.24) is 5.32 Å². The van der Waals surface area contributed by atoms with Crippen molar-refractivity contribution in [2.24, 2.45) is 0 Å². The molecular formula is C21H24N2O3.